The summed E-state index contributed by atoms with van der Waals surface area (Å²) in [7, 11) is -12.0. The molecule has 2 N–H and O–H groups in total. The van der Waals surface area contributed by atoms with E-state index in [0.717, 1.165) is 13.0 Å². The van der Waals surface area contributed by atoms with E-state index < -0.39 is 27.7 Å². The number of aryl methyl sites for hydroxylation is 1. The van der Waals surface area contributed by atoms with Crippen molar-refractivity contribution in [3.8, 4) is 0 Å². The van der Waals surface area contributed by atoms with Crippen LogP contribution in [0.1, 0.15) is 5.56 Å². The van der Waals surface area contributed by atoms with Crippen LogP contribution in [0, 0.1) is 6.92 Å². The zero-order valence-corrected chi connectivity index (χ0v) is 8.82. The molecule has 0 aliphatic rings. The molecular formula is C7H8BF5O2S. The second-order valence-corrected chi connectivity index (χ2v) is 5.83. The van der Waals surface area contributed by atoms with E-state index in [2.05, 4.69) is 0 Å². The Hall–Kier alpha value is -0.795. The Morgan fingerprint density at radius 3 is 1.88 bits per heavy atom. The van der Waals surface area contributed by atoms with E-state index in [1.807, 2.05) is 0 Å². The van der Waals surface area contributed by atoms with Gasteiger partial charge in [0.2, 0.25) is 0 Å². The Kier molecular flexibility index (Phi) is 2.41. The van der Waals surface area contributed by atoms with Gasteiger partial charge in [-0.05, 0) is 24.5 Å². The van der Waals surface area contributed by atoms with Gasteiger partial charge in [-0.1, -0.05) is 31.1 Å². The molecule has 0 aliphatic carbocycles. The number of hydrogen-bond donors (Lipinski definition) is 2. The molecule has 92 valence electrons. The molecule has 1 aromatic carbocycles. The Balaban J connectivity index is 3.50. The Bertz CT molecular complexity index is 429. The molecule has 0 aliphatic heterocycles. The summed E-state index contributed by atoms with van der Waals surface area (Å²) in [5, 5.41) is 17.3. The summed E-state index contributed by atoms with van der Waals surface area (Å²) in [6, 6.07) is 1.30. The highest BCUT2D eigenvalue weighted by Gasteiger charge is 2.65. The smallest absolute Gasteiger partial charge is 0.423 e. The van der Waals surface area contributed by atoms with Crippen LogP contribution >= 0.6 is 10.2 Å². The van der Waals surface area contributed by atoms with Crippen molar-refractivity contribution in [2.24, 2.45) is 0 Å². The lowest BCUT2D eigenvalue weighted by Gasteiger charge is -2.40. The van der Waals surface area contributed by atoms with Crippen molar-refractivity contribution in [1.82, 2.24) is 0 Å². The quantitative estimate of drug-likeness (QED) is 0.634. The van der Waals surface area contributed by atoms with Gasteiger partial charge in [0, 0.05) is 0 Å². The molecule has 0 saturated heterocycles. The van der Waals surface area contributed by atoms with Crippen LogP contribution in [-0.2, 0) is 0 Å². The number of benzene rings is 1. The molecule has 0 heterocycles. The van der Waals surface area contributed by atoms with Crippen LogP contribution in [0.5, 0.6) is 0 Å². The van der Waals surface area contributed by atoms with Crippen molar-refractivity contribution in [3.05, 3.63) is 23.8 Å². The van der Waals surface area contributed by atoms with Gasteiger partial charge in [0.15, 0.2) is 0 Å². The van der Waals surface area contributed by atoms with Crippen LogP contribution in [0.25, 0.3) is 0 Å². The van der Waals surface area contributed by atoms with Crippen LogP contribution in [0.4, 0.5) is 19.4 Å². The van der Waals surface area contributed by atoms with E-state index in [1.165, 1.54) is 0 Å². The fourth-order valence-corrected chi connectivity index (χ4v) is 1.92. The van der Waals surface area contributed by atoms with Crippen LogP contribution < -0.4 is 5.46 Å². The van der Waals surface area contributed by atoms with Gasteiger partial charge in [-0.25, -0.2) is 0 Å². The molecule has 0 spiro atoms. The Labute approximate surface area is 88.6 Å². The highest BCUT2D eigenvalue weighted by molar-refractivity contribution is 8.45. The van der Waals surface area contributed by atoms with E-state index in [0.29, 0.717) is 0 Å². The van der Waals surface area contributed by atoms with Gasteiger partial charge in [-0.3, -0.25) is 0 Å². The highest BCUT2D eigenvalue weighted by atomic mass is 32.5. The van der Waals surface area contributed by atoms with Gasteiger partial charge in [0.25, 0.3) is 0 Å². The summed E-state index contributed by atoms with van der Waals surface area (Å²) in [5.41, 5.74) is -0.753. The molecule has 0 unspecified atom stereocenters. The number of halogens is 5. The molecule has 0 amide bonds. The van der Waals surface area contributed by atoms with Crippen molar-refractivity contribution in [2.45, 2.75) is 11.8 Å². The molecule has 1 rings (SSSR count). The predicted molar refractivity (Wildman–Crippen MR) is 52.4 cm³/mol. The zero-order chi connectivity index (χ0) is 12.8. The maximum Gasteiger partial charge on any atom is 0.488 e. The third-order valence-electron chi connectivity index (χ3n) is 1.82. The fraction of sp³-hybridized carbons (Fsp3) is 0.143. The van der Waals surface area contributed by atoms with Gasteiger partial charge < -0.3 is 10.0 Å². The molecule has 9 heteroatoms. The van der Waals surface area contributed by atoms with Gasteiger partial charge in [-0.2, -0.15) is 0 Å². The first-order valence-corrected chi connectivity index (χ1v) is 5.96. The second-order valence-electron chi connectivity index (χ2n) is 3.42. The summed E-state index contributed by atoms with van der Waals surface area (Å²) in [6.07, 6.45) is 0. The van der Waals surface area contributed by atoms with Gasteiger partial charge in [-0.15, -0.1) is 0 Å². The van der Waals surface area contributed by atoms with Gasteiger partial charge in [0.1, 0.15) is 4.90 Å². The Morgan fingerprint density at radius 2 is 1.50 bits per heavy atom. The summed E-state index contributed by atoms with van der Waals surface area (Å²) in [4.78, 5) is -2.12. The maximum absolute atomic E-state index is 12.4. The summed E-state index contributed by atoms with van der Waals surface area (Å²) >= 11 is 0. The van der Waals surface area contributed by atoms with Crippen LogP contribution in [0.15, 0.2) is 23.1 Å². The molecular weight excluding hydrogens is 254 g/mol. The monoisotopic (exact) mass is 262 g/mol. The van der Waals surface area contributed by atoms with Crippen molar-refractivity contribution in [2.75, 3.05) is 0 Å². The normalized spacial score (nSPS) is 16.5. The molecule has 0 saturated carbocycles. The number of rotatable bonds is 2. The van der Waals surface area contributed by atoms with E-state index in [1.54, 1.807) is 0 Å². The molecule has 2 nitrogen and oxygen atoms in total. The summed E-state index contributed by atoms with van der Waals surface area (Å²) < 4.78 is 62.0. The minimum absolute atomic E-state index is 0.0409. The fourth-order valence-electron chi connectivity index (χ4n) is 1.15. The predicted octanol–water partition coefficient (Wildman–Crippen LogP) is 2.33. The largest absolute Gasteiger partial charge is 0.488 e. The van der Waals surface area contributed by atoms with Gasteiger partial charge in [0.05, 0.1) is 0 Å². The van der Waals surface area contributed by atoms with E-state index in [4.69, 9.17) is 10.0 Å². The van der Waals surface area contributed by atoms with Crippen molar-refractivity contribution < 1.29 is 29.5 Å². The third kappa shape index (κ3) is 3.10. The summed E-state index contributed by atoms with van der Waals surface area (Å²) in [6.45, 7) is 1.15. The molecule has 16 heavy (non-hydrogen) atoms. The summed E-state index contributed by atoms with van der Waals surface area (Å²) in [5.74, 6) is 0. The van der Waals surface area contributed by atoms with E-state index in [9.17, 15) is 19.4 Å². The lowest BCUT2D eigenvalue weighted by atomic mass is 9.80. The SMILES string of the molecule is Cc1cc(B(O)O)cc(S(F)(F)(F)(F)F)c1. The van der Waals surface area contributed by atoms with Crippen LogP contribution in [-0.4, -0.2) is 17.2 Å². The minimum atomic E-state index is -9.77. The number of hydrogen-bond acceptors (Lipinski definition) is 2. The average Bonchev–Trinajstić information content (AvgIpc) is 1.98. The average molecular weight is 262 g/mol. The van der Waals surface area contributed by atoms with Crippen molar-refractivity contribution in [1.29, 1.82) is 0 Å². The second kappa shape index (κ2) is 2.90. The first kappa shape index (κ1) is 13.3. The lowest BCUT2D eigenvalue weighted by molar-refractivity contribution is 0.364. The highest BCUT2D eigenvalue weighted by Crippen LogP contribution is 3.02. The molecule has 1 aromatic rings. The molecule has 0 bridgehead atoms. The van der Waals surface area contributed by atoms with E-state index in [-0.39, 0.29) is 17.7 Å². The lowest BCUT2D eigenvalue weighted by Crippen LogP contribution is -2.31. The zero-order valence-electron chi connectivity index (χ0n) is 8.00. The molecule has 0 radical (unpaired) electrons. The maximum atomic E-state index is 12.4. The first-order chi connectivity index (χ1) is 6.79. The first-order valence-electron chi connectivity index (χ1n) is 4.01. The Morgan fingerprint density at radius 1 is 1.00 bits per heavy atom. The van der Waals surface area contributed by atoms with Gasteiger partial charge >= 0.3 is 17.3 Å². The molecule has 0 atom stereocenters. The standard InChI is InChI=1S/C7H8BF5O2S/c1-5-2-6(8(14)15)4-7(3-5)16(9,10,11,12)13/h2-4,14-15H,1H3. The minimum Gasteiger partial charge on any atom is -0.423 e. The van der Waals surface area contributed by atoms with Crippen LogP contribution in [0.2, 0.25) is 0 Å². The topological polar surface area (TPSA) is 40.5 Å². The van der Waals surface area contributed by atoms with Crippen LogP contribution in [0.3, 0.4) is 0 Å². The van der Waals surface area contributed by atoms with Crippen molar-refractivity contribution >= 4 is 22.8 Å². The third-order valence-corrected chi connectivity index (χ3v) is 2.94. The van der Waals surface area contributed by atoms with Crippen molar-refractivity contribution in [3.63, 3.8) is 0 Å². The molecule has 0 aromatic heterocycles. The molecule has 0 fully saturated rings. The van der Waals surface area contributed by atoms with E-state index >= 15 is 0 Å².